The summed E-state index contributed by atoms with van der Waals surface area (Å²) in [5.74, 6) is -0.0947. The van der Waals surface area contributed by atoms with Gasteiger partial charge in [-0.1, -0.05) is 12.8 Å². The molecule has 19 heavy (non-hydrogen) atoms. The normalized spacial score (nSPS) is 10.7. The summed E-state index contributed by atoms with van der Waals surface area (Å²) in [6.45, 7) is 4.34. The van der Waals surface area contributed by atoms with Gasteiger partial charge in [-0.25, -0.2) is 14.1 Å². The Balaban J connectivity index is 3.13. The fourth-order valence-corrected chi connectivity index (χ4v) is 1.40. The second-order valence-corrected chi connectivity index (χ2v) is 3.79. The van der Waals surface area contributed by atoms with Gasteiger partial charge in [0.05, 0.1) is 0 Å². The molecule has 1 heterocycles. The number of aromatic amines is 1. The Hall–Kier alpha value is -1.58. The van der Waals surface area contributed by atoms with E-state index in [1.165, 1.54) is 6.07 Å². The highest BCUT2D eigenvalue weighted by molar-refractivity contribution is 7.82. The van der Waals surface area contributed by atoms with E-state index in [1.54, 1.807) is 13.8 Å². The Morgan fingerprint density at radius 3 is 2.58 bits per heavy atom. The molecule has 3 N–H and O–H groups in total. The Labute approximate surface area is 115 Å². The highest BCUT2D eigenvalue weighted by Gasteiger charge is 2.18. The van der Waals surface area contributed by atoms with Crippen molar-refractivity contribution in [1.29, 1.82) is 0 Å². The van der Waals surface area contributed by atoms with Crippen LogP contribution in [0.15, 0.2) is 10.9 Å². The van der Waals surface area contributed by atoms with Crippen LogP contribution in [0.1, 0.15) is 25.8 Å². The Kier molecular flexibility index (Phi) is 5.80. The molecule has 2 amide bonds. The van der Waals surface area contributed by atoms with Crippen molar-refractivity contribution in [2.45, 2.75) is 20.1 Å². The molecule has 0 unspecified atom stereocenters. The molecule has 0 aliphatic heterocycles. The van der Waals surface area contributed by atoms with Crippen LogP contribution in [0.25, 0.3) is 0 Å². The third-order valence-corrected chi connectivity index (χ3v) is 2.42. The molecule has 0 spiro atoms. The lowest BCUT2D eigenvalue weighted by Crippen LogP contribution is -2.31. The lowest BCUT2D eigenvalue weighted by atomic mass is 10.4. The standard InChI is InChI=1S/C10H16N4O4S/c1-3-17-8(18-4-2)6-5-7(15)13-10(12-6)14(19)9(11)16/h5,8,19H,3-4H2,1-2H3,(H2,11,16)(H,12,13,15). The van der Waals surface area contributed by atoms with E-state index in [2.05, 4.69) is 22.8 Å². The number of H-pyrrole nitrogens is 1. The Morgan fingerprint density at radius 1 is 1.53 bits per heavy atom. The number of nitrogens with two attached hydrogens (primary N) is 1. The number of nitrogens with one attached hydrogen (secondary N) is 1. The average Bonchev–Trinajstić information content (AvgIpc) is 2.36. The highest BCUT2D eigenvalue weighted by Crippen LogP contribution is 2.18. The zero-order valence-electron chi connectivity index (χ0n) is 10.6. The van der Waals surface area contributed by atoms with Gasteiger partial charge in [-0.05, 0) is 13.8 Å². The molecule has 0 fully saturated rings. The molecule has 0 atom stereocenters. The molecule has 1 rings (SSSR count). The summed E-state index contributed by atoms with van der Waals surface area (Å²) in [6.07, 6.45) is -0.786. The number of hydrogen-bond donors (Lipinski definition) is 3. The first-order chi connectivity index (χ1) is 8.99. The quantitative estimate of drug-likeness (QED) is 0.523. The topological polar surface area (TPSA) is 111 Å². The lowest BCUT2D eigenvalue weighted by molar-refractivity contribution is -0.142. The molecular formula is C10H16N4O4S. The van der Waals surface area contributed by atoms with E-state index >= 15 is 0 Å². The van der Waals surface area contributed by atoms with Crippen molar-refractivity contribution in [3.8, 4) is 0 Å². The van der Waals surface area contributed by atoms with Crippen molar-refractivity contribution >= 4 is 24.8 Å². The third kappa shape index (κ3) is 4.23. The van der Waals surface area contributed by atoms with Crippen molar-refractivity contribution < 1.29 is 14.3 Å². The highest BCUT2D eigenvalue weighted by atomic mass is 32.1. The zero-order chi connectivity index (χ0) is 14.4. The number of amides is 2. The number of urea groups is 1. The van der Waals surface area contributed by atoms with E-state index < -0.39 is 17.9 Å². The number of aromatic nitrogens is 2. The van der Waals surface area contributed by atoms with Crippen molar-refractivity contribution in [2.75, 3.05) is 17.5 Å². The molecule has 0 saturated carbocycles. The van der Waals surface area contributed by atoms with Gasteiger partial charge in [-0.2, -0.15) is 0 Å². The molecule has 0 aromatic carbocycles. The van der Waals surface area contributed by atoms with Crippen molar-refractivity contribution in [1.82, 2.24) is 9.97 Å². The second-order valence-electron chi connectivity index (χ2n) is 3.39. The van der Waals surface area contributed by atoms with E-state index in [-0.39, 0.29) is 11.6 Å². The first-order valence-electron chi connectivity index (χ1n) is 5.62. The number of ether oxygens (including phenoxy) is 2. The van der Waals surface area contributed by atoms with Crippen LogP contribution >= 0.6 is 12.8 Å². The van der Waals surface area contributed by atoms with Gasteiger partial charge in [-0.15, -0.1) is 0 Å². The summed E-state index contributed by atoms with van der Waals surface area (Å²) >= 11 is 3.83. The van der Waals surface area contributed by atoms with Gasteiger partial charge >= 0.3 is 6.03 Å². The van der Waals surface area contributed by atoms with Crippen molar-refractivity contribution in [3.63, 3.8) is 0 Å². The van der Waals surface area contributed by atoms with E-state index in [9.17, 15) is 9.59 Å². The smallest absolute Gasteiger partial charge is 0.331 e. The summed E-state index contributed by atoms with van der Waals surface area (Å²) < 4.78 is 11.4. The van der Waals surface area contributed by atoms with Gasteiger partial charge in [0, 0.05) is 19.3 Å². The maximum absolute atomic E-state index is 11.5. The minimum atomic E-state index is -0.868. The minimum absolute atomic E-state index is 0.0947. The Bertz CT molecular complexity index is 487. The van der Waals surface area contributed by atoms with Crippen LogP contribution in [0, 0.1) is 0 Å². The van der Waals surface area contributed by atoms with E-state index in [0.29, 0.717) is 13.2 Å². The van der Waals surface area contributed by atoms with Gasteiger partial charge in [0.15, 0.2) is 0 Å². The summed E-state index contributed by atoms with van der Waals surface area (Å²) in [4.78, 5) is 28.9. The molecule has 0 bridgehead atoms. The number of primary amides is 1. The zero-order valence-corrected chi connectivity index (χ0v) is 11.5. The fourth-order valence-electron chi connectivity index (χ4n) is 1.31. The molecule has 1 aromatic rings. The SMILES string of the molecule is CCOC(OCC)c1cc(=O)[nH]c(N(S)C(N)=O)n1. The van der Waals surface area contributed by atoms with Crippen molar-refractivity contribution in [3.05, 3.63) is 22.1 Å². The summed E-state index contributed by atoms with van der Waals surface area (Å²) in [7, 11) is 0. The predicted molar refractivity (Wildman–Crippen MR) is 71.9 cm³/mol. The third-order valence-electron chi connectivity index (χ3n) is 2.04. The predicted octanol–water partition coefficient (Wildman–Crippen LogP) is 0.571. The summed E-state index contributed by atoms with van der Waals surface area (Å²) in [5, 5.41) is 0. The number of nitrogens with zero attached hydrogens (tertiary/aromatic N) is 2. The average molecular weight is 288 g/mol. The maximum atomic E-state index is 11.5. The number of rotatable bonds is 6. The first kappa shape index (κ1) is 15.5. The van der Waals surface area contributed by atoms with Crippen LogP contribution in [0.2, 0.25) is 0 Å². The number of carbonyl (C=O) groups excluding carboxylic acids is 1. The molecule has 1 aromatic heterocycles. The fraction of sp³-hybridized carbons (Fsp3) is 0.500. The van der Waals surface area contributed by atoms with Gasteiger partial charge in [-0.3, -0.25) is 9.78 Å². The van der Waals surface area contributed by atoms with E-state index in [1.807, 2.05) is 0 Å². The van der Waals surface area contributed by atoms with Crippen LogP contribution in [0.4, 0.5) is 10.7 Å². The summed E-state index contributed by atoms with van der Waals surface area (Å²) in [5.41, 5.74) is 4.82. The second kappa shape index (κ2) is 7.12. The molecular weight excluding hydrogens is 272 g/mol. The Morgan fingerprint density at radius 2 is 2.11 bits per heavy atom. The van der Waals surface area contributed by atoms with Crippen LogP contribution in [0.5, 0.6) is 0 Å². The van der Waals surface area contributed by atoms with Crippen LogP contribution in [0.3, 0.4) is 0 Å². The van der Waals surface area contributed by atoms with E-state index in [0.717, 1.165) is 4.31 Å². The maximum Gasteiger partial charge on any atom is 0.331 e. The largest absolute Gasteiger partial charge is 0.350 e. The lowest BCUT2D eigenvalue weighted by Gasteiger charge is -2.18. The molecule has 0 aliphatic rings. The molecule has 0 radical (unpaired) electrons. The van der Waals surface area contributed by atoms with Gasteiger partial charge in [0.25, 0.3) is 5.56 Å². The first-order valence-corrected chi connectivity index (χ1v) is 6.02. The molecule has 0 aliphatic carbocycles. The number of anilines is 1. The number of carbonyl (C=O) groups is 1. The molecule has 106 valence electrons. The van der Waals surface area contributed by atoms with Crippen LogP contribution < -0.4 is 15.6 Å². The number of thiol groups is 1. The van der Waals surface area contributed by atoms with Crippen molar-refractivity contribution in [2.24, 2.45) is 5.73 Å². The van der Waals surface area contributed by atoms with E-state index in [4.69, 9.17) is 15.2 Å². The minimum Gasteiger partial charge on any atom is -0.350 e. The monoisotopic (exact) mass is 288 g/mol. The van der Waals surface area contributed by atoms with Crippen LogP contribution in [-0.4, -0.2) is 29.2 Å². The number of hydrogen-bond acceptors (Lipinski definition) is 6. The van der Waals surface area contributed by atoms with Gasteiger partial charge < -0.3 is 15.2 Å². The van der Waals surface area contributed by atoms with Gasteiger partial charge in [0.1, 0.15) is 5.69 Å². The van der Waals surface area contributed by atoms with Gasteiger partial charge in [0.2, 0.25) is 12.2 Å². The molecule has 9 heteroatoms. The molecule has 8 nitrogen and oxygen atoms in total. The summed E-state index contributed by atoms with van der Waals surface area (Å²) in [6, 6.07) is 0.357. The molecule has 0 saturated heterocycles. The van der Waals surface area contributed by atoms with Crippen LogP contribution in [-0.2, 0) is 9.47 Å².